The molecule has 0 saturated carbocycles. The maximum atomic E-state index is 12.5. The van der Waals surface area contributed by atoms with E-state index >= 15 is 0 Å². The molecule has 51 heavy (non-hydrogen) atoms. The van der Waals surface area contributed by atoms with Gasteiger partial charge in [0.1, 0.15) is 6.61 Å². The smallest absolute Gasteiger partial charge is 0.462 e. The summed E-state index contributed by atoms with van der Waals surface area (Å²) in [5, 5.41) is 0. The topological polar surface area (TPSA) is 108 Å². The zero-order valence-corrected chi connectivity index (χ0v) is 33.4. The summed E-state index contributed by atoms with van der Waals surface area (Å²) in [6.07, 6.45) is 44.4. The van der Waals surface area contributed by atoms with Crippen LogP contribution in [0.4, 0.5) is 0 Å². The Morgan fingerprint density at radius 1 is 0.549 bits per heavy atom. The summed E-state index contributed by atoms with van der Waals surface area (Å²) in [5.74, 6) is -0.901. The third-order valence-electron chi connectivity index (χ3n) is 8.07. The van der Waals surface area contributed by atoms with E-state index in [0.717, 1.165) is 57.8 Å². The number of rotatable bonds is 36. The number of carbonyl (C=O) groups excluding carboxylic acids is 2. The van der Waals surface area contributed by atoms with Crippen molar-refractivity contribution in [3.63, 3.8) is 0 Å². The monoisotopic (exact) mass is 737 g/mol. The number of carbonyl (C=O) groups is 2. The minimum Gasteiger partial charge on any atom is -0.462 e. The van der Waals surface area contributed by atoms with E-state index in [0.29, 0.717) is 6.42 Å². The van der Waals surface area contributed by atoms with Crippen molar-refractivity contribution in [1.29, 1.82) is 0 Å². The molecule has 0 radical (unpaired) electrons. The Kier molecular flexibility index (Phi) is 35.9. The van der Waals surface area contributed by atoms with Crippen LogP contribution in [0.1, 0.15) is 168 Å². The van der Waals surface area contributed by atoms with Gasteiger partial charge < -0.3 is 14.4 Å². The lowest BCUT2D eigenvalue weighted by Gasteiger charge is -2.19. The summed E-state index contributed by atoms with van der Waals surface area (Å²) in [5.41, 5.74) is 0. The molecule has 1 N–H and O–H groups in total. The van der Waals surface area contributed by atoms with E-state index in [2.05, 4.69) is 62.5 Å². The molecule has 0 aromatic rings. The number of ether oxygens (including phenoxy) is 2. The van der Waals surface area contributed by atoms with E-state index in [9.17, 15) is 19.0 Å². The van der Waals surface area contributed by atoms with Crippen LogP contribution in [-0.4, -0.2) is 42.8 Å². The Bertz CT molecular complexity index is 1020. The fourth-order valence-electron chi connectivity index (χ4n) is 5.17. The van der Waals surface area contributed by atoms with Crippen molar-refractivity contribution in [3.05, 3.63) is 60.8 Å². The molecule has 0 fully saturated rings. The van der Waals surface area contributed by atoms with Crippen molar-refractivity contribution >= 4 is 19.8 Å². The second-order valence-electron chi connectivity index (χ2n) is 12.9. The molecule has 8 nitrogen and oxygen atoms in total. The minimum absolute atomic E-state index is 0.0150. The van der Waals surface area contributed by atoms with Crippen molar-refractivity contribution in [2.24, 2.45) is 0 Å². The molecule has 0 heterocycles. The number of allylic oxidation sites excluding steroid dienone is 10. The first kappa shape index (κ1) is 48.8. The quantitative estimate of drug-likeness (QED) is 0.0293. The van der Waals surface area contributed by atoms with Gasteiger partial charge in [0.05, 0.1) is 13.2 Å². The minimum atomic E-state index is -4.30. The zero-order valence-electron chi connectivity index (χ0n) is 32.5. The van der Waals surface area contributed by atoms with Gasteiger partial charge in [-0.3, -0.25) is 18.6 Å². The first-order valence-corrected chi connectivity index (χ1v) is 21.6. The molecule has 2 unspecified atom stereocenters. The predicted octanol–water partition coefficient (Wildman–Crippen LogP) is 12.4. The van der Waals surface area contributed by atoms with Gasteiger partial charge in [-0.2, -0.15) is 0 Å². The predicted molar refractivity (Wildman–Crippen MR) is 211 cm³/mol. The summed E-state index contributed by atoms with van der Waals surface area (Å²) in [7, 11) is -4.30. The van der Waals surface area contributed by atoms with Crippen LogP contribution in [0.5, 0.6) is 0 Å². The zero-order chi connectivity index (χ0) is 37.5. The van der Waals surface area contributed by atoms with E-state index in [4.69, 9.17) is 18.5 Å². The van der Waals surface area contributed by atoms with Gasteiger partial charge in [-0.25, -0.2) is 4.57 Å². The first-order valence-electron chi connectivity index (χ1n) is 20.1. The number of unbranched alkanes of at least 4 members (excludes halogenated alkanes) is 14. The summed E-state index contributed by atoms with van der Waals surface area (Å²) in [4.78, 5) is 34.6. The maximum absolute atomic E-state index is 12.5. The van der Waals surface area contributed by atoms with E-state index in [1.54, 1.807) is 6.92 Å². The van der Waals surface area contributed by atoms with Gasteiger partial charge >= 0.3 is 19.8 Å². The molecule has 9 heteroatoms. The van der Waals surface area contributed by atoms with Gasteiger partial charge in [0, 0.05) is 12.8 Å². The van der Waals surface area contributed by atoms with Gasteiger partial charge in [-0.1, -0.05) is 145 Å². The van der Waals surface area contributed by atoms with Gasteiger partial charge in [0.15, 0.2) is 6.10 Å². The molecule has 0 bridgehead atoms. The molecule has 294 valence electrons. The Hall–Kier alpha value is -2.25. The van der Waals surface area contributed by atoms with Gasteiger partial charge in [-0.05, 0) is 71.1 Å². The van der Waals surface area contributed by atoms with E-state index < -0.39 is 32.5 Å². The molecule has 0 amide bonds. The average Bonchev–Trinajstić information content (AvgIpc) is 3.10. The van der Waals surface area contributed by atoms with E-state index in [1.807, 2.05) is 12.2 Å². The van der Waals surface area contributed by atoms with Crippen molar-refractivity contribution < 1.29 is 37.6 Å². The summed E-state index contributed by atoms with van der Waals surface area (Å²) < 4.78 is 32.5. The van der Waals surface area contributed by atoms with Crippen molar-refractivity contribution in [2.45, 2.75) is 175 Å². The molecule has 0 rings (SSSR count). The fraction of sp³-hybridized carbons (Fsp3) is 0.714. The molecule has 0 aliphatic rings. The number of phosphoric acid groups is 1. The van der Waals surface area contributed by atoms with Crippen LogP contribution in [0.25, 0.3) is 0 Å². The highest BCUT2D eigenvalue weighted by Crippen LogP contribution is 2.43. The molecular formula is C42H73O8P. The summed E-state index contributed by atoms with van der Waals surface area (Å²) in [6, 6.07) is 0. The fourth-order valence-corrected chi connectivity index (χ4v) is 5.92. The SMILES string of the molecule is CC/C=C\C/C=C\C/C=C\C/C=C\CCC(=O)OC(COC(=O)CCCCCCCCC/C=C\CCCCCCCCC)COP(=O)(O)OCC. The van der Waals surface area contributed by atoms with Crippen LogP contribution in [0, 0.1) is 0 Å². The molecule has 0 saturated heterocycles. The molecule has 2 atom stereocenters. The maximum Gasteiger partial charge on any atom is 0.472 e. The molecular weight excluding hydrogens is 663 g/mol. The second-order valence-corrected chi connectivity index (χ2v) is 14.4. The second kappa shape index (κ2) is 37.5. The molecule has 0 aliphatic heterocycles. The molecule has 0 spiro atoms. The van der Waals surface area contributed by atoms with Gasteiger partial charge in [-0.15, -0.1) is 0 Å². The molecule has 0 aromatic carbocycles. The number of hydrogen-bond acceptors (Lipinski definition) is 7. The van der Waals surface area contributed by atoms with E-state index in [-0.39, 0.29) is 26.1 Å². The van der Waals surface area contributed by atoms with Gasteiger partial charge in [0.25, 0.3) is 0 Å². The highest BCUT2D eigenvalue weighted by atomic mass is 31.2. The lowest BCUT2D eigenvalue weighted by Crippen LogP contribution is -2.29. The molecule has 0 aromatic heterocycles. The first-order chi connectivity index (χ1) is 24.8. The summed E-state index contributed by atoms with van der Waals surface area (Å²) in [6.45, 7) is 5.25. The molecule has 0 aliphatic carbocycles. The lowest BCUT2D eigenvalue weighted by atomic mass is 10.1. The highest BCUT2D eigenvalue weighted by Gasteiger charge is 2.25. The average molecular weight is 737 g/mol. The van der Waals surface area contributed by atoms with Crippen LogP contribution in [0.15, 0.2) is 60.8 Å². The number of esters is 2. The van der Waals surface area contributed by atoms with Crippen molar-refractivity contribution in [2.75, 3.05) is 19.8 Å². The van der Waals surface area contributed by atoms with Crippen molar-refractivity contribution in [3.8, 4) is 0 Å². The number of hydrogen-bond donors (Lipinski definition) is 1. The van der Waals surface area contributed by atoms with E-state index in [1.165, 1.54) is 70.6 Å². The highest BCUT2D eigenvalue weighted by molar-refractivity contribution is 7.47. The van der Waals surface area contributed by atoms with Crippen molar-refractivity contribution in [1.82, 2.24) is 0 Å². The van der Waals surface area contributed by atoms with Crippen LogP contribution < -0.4 is 0 Å². The van der Waals surface area contributed by atoms with Crippen LogP contribution >= 0.6 is 7.82 Å². The lowest BCUT2D eigenvalue weighted by molar-refractivity contribution is -0.161. The van der Waals surface area contributed by atoms with Crippen LogP contribution in [0.2, 0.25) is 0 Å². The van der Waals surface area contributed by atoms with Gasteiger partial charge in [0.2, 0.25) is 0 Å². The number of phosphoric ester groups is 1. The third kappa shape index (κ3) is 37.3. The van der Waals surface area contributed by atoms with Crippen LogP contribution in [-0.2, 0) is 32.7 Å². The Morgan fingerprint density at radius 2 is 1.04 bits per heavy atom. The third-order valence-corrected chi connectivity index (χ3v) is 9.13. The normalized spacial score (nSPS) is 14.0. The Morgan fingerprint density at radius 3 is 1.59 bits per heavy atom. The summed E-state index contributed by atoms with van der Waals surface area (Å²) >= 11 is 0. The Balaban J connectivity index is 4.19. The Labute approximate surface area is 311 Å². The van der Waals surface area contributed by atoms with Crippen LogP contribution in [0.3, 0.4) is 0 Å². The largest absolute Gasteiger partial charge is 0.472 e. The standard InChI is InChI=1S/C42H73O8P/c1-4-7-9-11-13-15-17-19-20-21-22-23-25-26-28-30-32-34-36-41(43)47-38-40(39-49-51(45,46)48-6-3)50-42(44)37-35-33-31-29-27-24-18-16-14-12-10-8-5-2/h8,10,14,16,20-21,24,27,31,33,40H,4-7,9,11-13,15,17-19,22-23,25-26,28-30,32,34-39H2,1-3H3,(H,45,46)/b10-8-,16-14-,21-20-,27-24-,33-31-.